The van der Waals surface area contributed by atoms with E-state index in [1.165, 1.54) is 5.69 Å². The Labute approximate surface area is 172 Å². The smallest absolute Gasteiger partial charge is 0.249 e. The molecule has 152 valence electrons. The van der Waals surface area contributed by atoms with Crippen molar-refractivity contribution in [2.45, 2.75) is 25.0 Å². The third-order valence-electron chi connectivity index (χ3n) is 4.83. The molecule has 2 heterocycles. The van der Waals surface area contributed by atoms with Crippen LogP contribution in [0.2, 0.25) is 0 Å². The van der Waals surface area contributed by atoms with Crippen molar-refractivity contribution >= 4 is 42.3 Å². The molecule has 0 radical (unpaired) electrons. The fourth-order valence-electron chi connectivity index (χ4n) is 3.31. The first-order chi connectivity index (χ1) is 12.2. The van der Waals surface area contributed by atoms with Gasteiger partial charge in [0.05, 0.1) is 12.6 Å². The van der Waals surface area contributed by atoms with Crippen LogP contribution in [0, 0.1) is 0 Å². The van der Waals surface area contributed by atoms with E-state index in [0.29, 0.717) is 26.1 Å². The molecule has 2 saturated heterocycles. The molecule has 2 fully saturated rings. The second-order valence-corrected chi connectivity index (χ2v) is 6.48. The van der Waals surface area contributed by atoms with E-state index in [4.69, 9.17) is 10.5 Å². The lowest BCUT2D eigenvalue weighted by molar-refractivity contribution is -0.137. The van der Waals surface area contributed by atoms with Crippen LogP contribution in [0.25, 0.3) is 0 Å². The number of nitrogens with zero attached hydrogens (tertiary/aromatic N) is 2. The van der Waals surface area contributed by atoms with Gasteiger partial charge < -0.3 is 25.6 Å². The van der Waals surface area contributed by atoms with Crippen molar-refractivity contribution in [2.24, 2.45) is 5.73 Å². The number of nitrogens with one attached hydrogen (secondary N) is 1. The Morgan fingerprint density at radius 2 is 1.74 bits per heavy atom. The Hall–Kier alpha value is -1.54. The monoisotopic (exact) mass is 418 g/mol. The molecule has 9 heteroatoms. The van der Waals surface area contributed by atoms with E-state index < -0.39 is 6.10 Å². The maximum absolute atomic E-state index is 12.3. The third kappa shape index (κ3) is 6.24. The van der Waals surface area contributed by atoms with E-state index in [1.54, 1.807) is 4.90 Å². The maximum Gasteiger partial charge on any atom is 0.249 e. The molecule has 0 aliphatic carbocycles. The Morgan fingerprint density at radius 1 is 1.07 bits per heavy atom. The number of ether oxygens (including phenoxy) is 1. The van der Waals surface area contributed by atoms with Crippen molar-refractivity contribution < 1.29 is 14.3 Å². The molecular formula is C18H28Cl2N4O3. The van der Waals surface area contributed by atoms with Crippen LogP contribution >= 0.6 is 24.8 Å². The molecule has 2 aliphatic heterocycles. The van der Waals surface area contributed by atoms with E-state index in [2.05, 4.69) is 22.3 Å². The number of hydrogen-bond donors (Lipinski definition) is 2. The van der Waals surface area contributed by atoms with Crippen LogP contribution in [-0.2, 0) is 14.3 Å². The van der Waals surface area contributed by atoms with Crippen molar-refractivity contribution in [3.8, 4) is 0 Å². The van der Waals surface area contributed by atoms with Crippen molar-refractivity contribution in [1.29, 1.82) is 0 Å². The van der Waals surface area contributed by atoms with Crippen LogP contribution in [0.1, 0.15) is 12.8 Å². The average Bonchev–Trinajstić information content (AvgIpc) is 3.16. The van der Waals surface area contributed by atoms with Gasteiger partial charge in [-0.2, -0.15) is 0 Å². The fourth-order valence-corrected chi connectivity index (χ4v) is 3.31. The highest BCUT2D eigenvalue weighted by molar-refractivity contribution is 5.87. The fraction of sp³-hybridized carbons (Fsp3) is 0.556. The number of para-hydroxylation sites is 1. The van der Waals surface area contributed by atoms with Crippen molar-refractivity contribution in [3.63, 3.8) is 0 Å². The number of hydrogen-bond acceptors (Lipinski definition) is 5. The number of rotatable bonds is 5. The van der Waals surface area contributed by atoms with Gasteiger partial charge in [0.1, 0.15) is 6.10 Å². The van der Waals surface area contributed by atoms with Gasteiger partial charge in [-0.3, -0.25) is 9.59 Å². The number of anilines is 1. The van der Waals surface area contributed by atoms with Crippen LogP contribution in [0.15, 0.2) is 30.3 Å². The number of amides is 2. The van der Waals surface area contributed by atoms with Gasteiger partial charge in [0.15, 0.2) is 0 Å². The standard InChI is InChI=1S/C18H26N4O3.2ClH/c19-12-15-6-7-16(25-15)18(24)20-13-17(23)22-10-8-21(9-11-22)14-4-2-1-3-5-14;;/h1-5,15-16H,6-13,19H2,(H,20,24);2*1H/t15-,16+;;/m1../s1. The molecule has 27 heavy (non-hydrogen) atoms. The largest absolute Gasteiger partial charge is 0.368 e. The molecule has 2 aliphatic rings. The number of nitrogens with two attached hydrogens (primary N) is 1. The molecule has 3 rings (SSSR count). The zero-order valence-corrected chi connectivity index (χ0v) is 16.8. The molecule has 0 aromatic heterocycles. The summed E-state index contributed by atoms with van der Waals surface area (Å²) in [6.45, 7) is 3.38. The second kappa shape index (κ2) is 11.3. The minimum Gasteiger partial charge on any atom is -0.368 e. The first-order valence-corrected chi connectivity index (χ1v) is 8.88. The van der Waals surface area contributed by atoms with Gasteiger partial charge in [-0.1, -0.05) is 18.2 Å². The Kier molecular flexibility index (Phi) is 9.87. The molecule has 3 N–H and O–H groups in total. The molecule has 0 spiro atoms. The van der Waals surface area contributed by atoms with Crippen molar-refractivity contribution in [2.75, 3.05) is 44.2 Å². The molecule has 0 bridgehead atoms. The molecule has 1 aromatic rings. The number of carbonyl (C=O) groups is 2. The van der Waals surface area contributed by atoms with E-state index in [9.17, 15) is 9.59 Å². The quantitative estimate of drug-likeness (QED) is 0.738. The maximum atomic E-state index is 12.3. The molecule has 2 atom stereocenters. The predicted molar refractivity (Wildman–Crippen MR) is 110 cm³/mol. The zero-order valence-electron chi connectivity index (χ0n) is 15.2. The summed E-state index contributed by atoms with van der Waals surface area (Å²) in [6, 6.07) is 10.2. The SMILES string of the molecule is Cl.Cl.NC[C@H]1CC[C@@H](C(=O)NCC(=O)N2CCN(c3ccccc3)CC2)O1. The molecular weight excluding hydrogens is 391 g/mol. The van der Waals surface area contributed by atoms with E-state index in [-0.39, 0.29) is 49.3 Å². The number of benzene rings is 1. The van der Waals surface area contributed by atoms with E-state index >= 15 is 0 Å². The summed E-state index contributed by atoms with van der Waals surface area (Å²) in [7, 11) is 0. The van der Waals surface area contributed by atoms with Crippen molar-refractivity contribution in [1.82, 2.24) is 10.2 Å². The molecule has 0 unspecified atom stereocenters. The summed E-state index contributed by atoms with van der Waals surface area (Å²) in [6.07, 6.45) is 0.940. The predicted octanol–water partition coefficient (Wildman–Crippen LogP) is 0.801. The summed E-state index contributed by atoms with van der Waals surface area (Å²) in [5.41, 5.74) is 6.72. The highest BCUT2D eigenvalue weighted by Gasteiger charge is 2.30. The minimum absolute atomic E-state index is 0. The normalized spacial score (nSPS) is 21.8. The van der Waals surface area contributed by atoms with Gasteiger partial charge in [0.25, 0.3) is 0 Å². The lowest BCUT2D eigenvalue weighted by atomic mass is 10.2. The van der Waals surface area contributed by atoms with Crippen LogP contribution < -0.4 is 16.0 Å². The van der Waals surface area contributed by atoms with E-state index in [0.717, 1.165) is 19.5 Å². The van der Waals surface area contributed by atoms with Crippen LogP contribution in [0.5, 0.6) is 0 Å². The van der Waals surface area contributed by atoms with E-state index in [1.807, 2.05) is 18.2 Å². The first-order valence-electron chi connectivity index (χ1n) is 8.88. The Balaban J connectivity index is 0.00000182. The summed E-state index contributed by atoms with van der Waals surface area (Å²) >= 11 is 0. The highest BCUT2D eigenvalue weighted by atomic mass is 35.5. The van der Waals surface area contributed by atoms with Gasteiger partial charge in [-0.25, -0.2) is 0 Å². The molecule has 0 saturated carbocycles. The molecule has 2 amide bonds. The Bertz CT molecular complexity index is 598. The molecule has 1 aromatic carbocycles. The third-order valence-corrected chi connectivity index (χ3v) is 4.83. The van der Waals surface area contributed by atoms with Crippen LogP contribution in [0.3, 0.4) is 0 Å². The highest BCUT2D eigenvalue weighted by Crippen LogP contribution is 2.19. The van der Waals surface area contributed by atoms with Crippen molar-refractivity contribution in [3.05, 3.63) is 30.3 Å². The topological polar surface area (TPSA) is 87.9 Å². The van der Waals surface area contributed by atoms with Crippen LogP contribution in [0.4, 0.5) is 5.69 Å². The molecule has 7 nitrogen and oxygen atoms in total. The number of carbonyl (C=O) groups excluding carboxylic acids is 2. The number of piperazine rings is 1. The second-order valence-electron chi connectivity index (χ2n) is 6.48. The van der Waals surface area contributed by atoms with Crippen LogP contribution in [-0.4, -0.2) is 68.2 Å². The number of halogens is 2. The lowest BCUT2D eigenvalue weighted by Gasteiger charge is -2.36. The lowest BCUT2D eigenvalue weighted by Crippen LogP contribution is -2.51. The summed E-state index contributed by atoms with van der Waals surface area (Å²) in [4.78, 5) is 28.5. The van der Waals surface area contributed by atoms with Gasteiger partial charge in [0.2, 0.25) is 11.8 Å². The van der Waals surface area contributed by atoms with Gasteiger partial charge in [0, 0.05) is 38.4 Å². The zero-order chi connectivity index (χ0) is 17.6. The first kappa shape index (κ1) is 23.5. The average molecular weight is 419 g/mol. The van der Waals surface area contributed by atoms with Gasteiger partial charge in [-0.15, -0.1) is 24.8 Å². The summed E-state index contributed by atoms with van der Waals surface area (Å²) in [5, 5.41) is 2.70. The summed E-state index contributed by atoms with van der Waals surface area (Å²) < 4.78 is 5.54. The van der Waals surface area contributed by atoms with Gasteiger partial charge >= 0.3 is 0 Å². The van der Waals surface area contributed by atoms with Gasteiger partial charge in [-0.05, 0) is 25.0 Å². The minimum atomic E-state index is -0.476. The summed E-state index contributed by atoms with van der Waals surface area (Å²) in [5.74, 6) is -0.262. The Morgan fingerprint density at radius 3 is 2.33 bits per heavy atom.